The first-order valence-corrected chi connectivity index (χ1v) is 7.45. The maximum absolute atomic E-state index is 11.8. The summed E-state index contributed by atoms with van der Waals surface area (Å²) in [6, 6.07) is 16.6. The highest BCUT2D eigenvalue weighted by molar-refractivity contribution is 6.00. The fraction of sp³-hybridized carbons (Fsp3) is 0.222. The van der Waals surface area contributed by atoms with Crippen molar-refractivity contribution in [3.8, 4) is 5.75 Å². The lowest BCUT2D eigenvalue weighted by atomic mass is 10.1. The summed E-state index contributed by atoms with van der Waals surface area (Å²) in [6.45, 7) is 2.43. The maximum atomic E-state index is 11.8. The SMILES string of the molecule is CC(=O)c1ccccc1NCC(=O)NCCOc1ccccc1. The topological polar surface area (TPSA) is 67.4 Å². The minimum absolute atomic E-state index is 0.0373. The van der Waals surface area contributed by atoms with Crippen molar-refractivity contribution < 1.29 is 14.3 Å². The molecule has 5 nitrogen and oxygen atoms in total. The van der Waals surface area contributed by atoms with E-state index >= 15 is 0 Å². The quantitative estimate of drug-likeness (QED) is 0.580. The van der Waals surface area contributed by atoms with Gasteiger partial charge in [-0.3, -0.25) is 9.59 Å². The summed E-state index contributed by atoms with van der Waals surface area (Å²) >= 11 is 0. The number of carbonyl (C=O) groups excluding carboxylic acids is 2. The Morgan fingerprint density at radius 2 is 1.70 bits per heavy atom. The molecule has 0 aliphatic carbocycles. The Balaban J connectivity index is 1.70. The lowest BCUT2D eigenvalue weighted by molar-refractivity contribution is -0.119. The Bertz CT molecular complexity index is 656. The Labute approximate surface area is 135 Å². The monoisotopic (exact) mass is 312 g/mol. The molecule has 0 bridgehead atoms. The van der Waals surface area contributed by atoms with Crippen LogP contribution in [-0.2, 0) is 4.79 Å². The smallest absolute Gasteiger partial charge is 0.239 e. The van der Waals surface area contributed by atoms with Crippen molar-refractivity contribution in [2.75, 3.05) is 25.0 Å². The first-order chi connectivity index (χ1) is 11.2. The average Bonchev–Trinajstić information content (AvgIpc) is 2.58. The van der Waals surface area contributed by atoms with Gasteiger partial charge in [-0.1, -0.05) is 30.3 Å². The molecular formula is C18H20N2O3. The number of anilines is 1. The number of nitrogens with one attached hydrogen (secondary N) is 2. The summed E-state index contributed by atoms with van der Waals surface area (Å²) in [7, 11) is 0. The molecule has 0 aromatic heterocycles. The highest BCUT2D eigenvalue weighted by atomic mass is 16.5. The fourth-order valence-electron chi connectivity index (χ4n) is 2.06. The van der Waals surface area contributed by atoms with Crippen LogP contribution in [0.25, 0.3) is 0 Å². The van der Waals surface area contributed by atoms with E-state index in [2.05, 4.69) is 10.6 Å². The van der Waals surface area contributed by atoms with Gasteiger partial charge in [0.05, 0.1) is 13.1 Å². The molecule has 1 amide bonds. The Morgan fingerprint density at radius 1 is 1.00 bits per heavy atom. The zero-order valence-electron chi connectivity index (χ0n) is 13.0. The summed E-state index contributed by atoms with van der Waals surface area (Å²) in [5.41, 5.74) is 1.24. The standard InChI is InChI=1S/C18H20N2O3/c1-14(21)16-9-5-6-10-17(16)20-13-18(22)19-11-12-23-15-7-3-2-4-8-15/h2-10,20H,11-13H2,1H3,(H,19,22). The summed E-state index contributed by atoms with van der Waals surface area (Å²) in [4.78, 5) is 23.3. The van der Waals surface area contributed by atoms with Crippen LogP contribution in [0.15, 0.2) is 54.6 Å². The zero-order chi connectivity index (χ0) is 16.5. The van der Waals surface area contributed by atoms with E-state index in [4.69, 9.17) is 4.74 Å². The van der Waals surface area contributed by atoms with Crippen LogP contribution in [0.2, 0.25) is 0 Å². The number of Topliss-reactive ketones (excluding diaryl/α,β-unsaturated/α-hetero) is 1. The Morgan fingerprint density at radius 3 is 2.43 bits per heavy atom. The van der Waals surface area contributed by atoms with Crippen LogP contribution in [0.1, 0.15) is 17.3 Å². The molecule has 2 aromatic carbocycles. The third-order valence-electron chi connectivity index (χ3n) is 3.18. The molecule has 0 aliphatic rings. The molecule has 120 valence electrons. The van der Waals surface area contributed by atoms with Gasteiger partial charge in [0.1, 0.15) is 12.4 Å². The molecule has 0 spiro atoms. The molecule has 0 saturated heterocycles. The number of ether oxygens (including phenoxy) is 1. The van der Waals surface area contributed by atoms with Gasteiger partial charge in [-0.2, -0.15) is 0 Å². The van der Waals surface area contributed by atoms with Crippen molar-refractivity contribution in [3.05, 3.63) is 60.2 Å². The number of carbonyl (C=O) groups is 2. The summed E-state index contributed by atoms with van der Waals surface area (Å²) < 4.78 is 5.49. The number of rotatable bonds is 8. The van der Waals surface area contributed by atoms with Gasteiger partial charge in [-0.05, 0) is 31.2 Å². The normalized spacial score (nSPS) is 9.96. The molecule has 0 aliphatic heterocycles. The number of para-hydroxylation sites is 2. The van der Waals surface area contributed by atoms with Gasteiger partial charge in [0.15, 0.2) is 5.78 Å². The average molecular weight is 312 g/mol. The zero-order valence-corrected chi connectivity index (χ0v) is 13.0. The second-order valence-corrected chi connectivity index (χ2v) is 4.97. The molecular weight excluding hydrogens is 292 g/mol. The molecule has 2 N–H and O–H groups in total. The third-order valence-corrected chi connectivity index (χ3v) is 3.18. The molecule has 2 aromatic rings. The molecule has 0 saturated carbocycles. The van der Waals surface area contributed by atoms with Gasteiger partial charge >= 0.3 is 0 Å². The lowest BCUT2D eigenvalue weighted by Crippen LogP contribution is -2.33. The van der Waals surface area contributed by atoms with Crippen LogP contribution in [0.4, 0.5) is 5.69 Å². The van der Waals surface area contributed by atoms with Crippen LogP contribution in [0.5, 0.6) is 5.75 Å². The summed E-state index contributed by atoms with van der Waals surface area (Å²) in [5, 5.41) is 5.74. The largest absolute Gasteiger partial charge is 0.492 e. The van der Waals surface area contributed by atoms with Gasteiger partial charge in [0, 0.05) is 11.3 Å². The Hall–Kier alpha value is -2.82. The van der Waals surface area contributed by atoms with Crippen molar-refractivity contribution in [2.24, 2.45) is 0 Å². The highest BCUT2D eigenvalue weighted by Crippen LogP contribution is 2.14. The molecule has 23 heavy (non-hydrogen) atoms. The minimum Gasteiger partial charge on any atom is -0.492 e. The van der Waals surface area contributed by atoms with Crippen LogP contribution in [-0.4, -0.2) is 31.4 Å². The van der Waals surface area contributed by atoms with Crippen molar-refractivity contribution in [1.29, 1.82) is 0 Å². The lowest BCUT2D eigenvalue weighted by Gasteiger charge is -2.11. The van der Waals surface area contributed by atoms with E-state index in [0.29, 0.717) is 24.4 Å². The second kappa shape index (κ2) is 8.58. The van der Waals surface area contributed by atoms with Gasteiger partial charge < -0.3 is 15.4 Å². The predicted octanol–water partition coefficient (Wildman–Crippen LogP) is 2.50. The van der Waals surface area contributed by atoms with E-state index in [1.54, 1.807) is 18.2 Å². The number of ketones is 1. The summed E-state index contributed by atoms with van der Waals surface area (Å²) in [5.74, 6) is 0.583. The molecule has 5 heteroatoms. The van der Waals surface area contributed by atoms with Crippen molar-refractivity contribution in [1.82, 2.24) is 5.32 Å². The highest BCUT2D eigenvalue weighted by Gasteiger charge is 2.07. The van der Waals surface area contributed by atoms with E-state index in [-0.39, 0.29) is 18.2 Å². The number of hydrogen-bond acceptors (Lipinski definition) is 4. The van der Waals surface area contributed by atoms with E-state index in [1.807, 2.05) is 36.4 Å². The van der Waals surface area contributed by atoms with E-state index in [9.17, 15) is 9.59 Å². The van der Waals surface area contributed by atoms with Crippen LogP contribution >= 0.6 is 0 Å². The molecule has 0 atom stereocenters. The van der Waals surface area contributed by atoms with Crippen molar-refractivity contribution >= 4 is 17.4 Å². The first-order valence-electron chi connectivity index (χ1n) is 7.45. The molecule has 0 radical (unpaired) electrons. The number of benzene rings is 2. The van der Waals surface area contributed by atoms with Gasteiger partial charge in [-0.25, -0.2) is 0 Å². The van der Waals surface area contributed by atoms with E-state index < -0.39 is 0 Å². The fourth-order valence-corrected chi connectivity index (χ4v) is 2.06. The third kappa shape index (κ3) is 5.47. The van der Waals surface area contributed by atoms with Crippen LogP contribution in [0, 0.1) is 0 Å². The Kier molecular flexibility index (Phi) is 6.17. The van der Waals surface area contributed by atoms with E-state index in [1.165, 1.54) is 6.92 Å². The van der Waals surface area contributed by atoms with Crippen molar-refractivity contribution in [3.63, 3.8) is 0 Å². The van der Waals surface area contributed by atoms with Crippen LogP contribution < -0.4 is 15.4 Å². The molecule has 0 unspecified atom stereocenters. The summed E-state index contributed by atoms with van der Waals surface area (Å²) in [6.07, 6.45) is 0. The minimum atomic E-state index is -0.153. The van der Waals surface area contributed by atoms with E-state index in [0.717, 1.165) is 5.75 Å². The van der Waals surface area contributed by atoms with Crippen molar-refractivity contribution in [2.45, 2.75) is 6.92 Å². The van der Waals surface area contributed by atoms with Gasteiger partial charge in [-0.15, -0.1) is 0 Å². The van der Waals surface area contributed by atoms with Crippen LogP contribution in [0.3, 0.4) is 0 Å². The predicted molar refractivity (Wildman–Crippen MR) is 89.9 cm³/mol. The molecule has 0 heterocycles. The van der Waals surface area contributed by atoms with Gasteiger partial charge in [0.2, 0.25) is 5.91 Å². The van der Waals surface area contributed by atoms with Gasteiger partial charge in [0.25, 0.3) is 0 Å². The maximum Gasteiger partial charge on any atom is 0.239 e. The number of hydrogen-bond donors (Lipinski definition) is 2. The number of amides is 1. The first kappa shape index (κ1) is 16.5. The second-order valence-electron chi connectivity index (χ2n) is 4.97. The molecule has 0 fully saturated rings. The molecule has 2 rings (SSSR count).